The largest absolute Gasteiger partial charge is 0.290 e. The third-order valence-corrected chi connectivity index (χ3v) is 1.32. The van der Waals surface area contributed by atoms with E-state index in [1.807, 2.05) is 6.21 Å². The molecule has 1 rings (SSSR count). The SMILES string of the molecule is CC1=CC=NC(C)C1. The fraction of sp³-hybridized carbons (Fsp3) is 0.571. The Morgan fingerprint density at radius 2 is 2.50 bits per heavy atom. The molecule has 1 nitrogen and oxygen atoms in total. The van der Waals surface area contributed by atoms with Crippen LogP contribution in [0.25, 0.3) is 0 Å². The average Bonchev–Trinajstić information content (AvgIpc) is 1.64. The van der Waals surface area contributed by atoms with E-state index in [1.54, 1.807) is 0 Å². The molecule has 8 heavy (non-hydrogen) atoms. The van der Waals surface area contributed by atoms with Gasteiger partial charge in [-0.05, 0) is 26.3 Å². The Morgan fingerprint density at radius 3 is 2.88 bits per heavy atom. The van der Waals surface area contributed by atoms with Crippen molar-refractivity contribution in [3.8, 4) is 0 Å². The molecule has 1 atom stereocenters. The highest BCUT2D eigenvalue weighted by Gasteiger charge is 2.01. The van der Waals surface area contributed by atoms with Crippen molar-refractivity contribution in [1.29, 1.82) is 0 Å². The summed E-state index contributed by atoms with van der Waals surface area (Å²) in [5, 5.41) is 0. The molecule has 0 saturated carbocycles. The maximum Gasteiger partial charge on any atom is 0.0508 e. The van der Waals surface area contributed by atoms with Crippen LogP contribution >= 0.6 is 0 Å². The molecule has 0 radical (unpaired) electrons. The molecule has 0 aromatic heterocycles. The summed E-state index contributed by atoms with van der Waals surface area (Å²) in [5.74, 6) is 0. The van der Waals surface area contributed by atoms with Crippen molar-refractivity contribution in [1.82, 2.24) is 0 Å². The molecular weight excluding hydrogens is 98.1 g/mol. The summed E-state index contributed by atoms with van der Waals surface area (Å²) < 4.78 is 0. The van der Waals surface area contributed by atoms with E-state index in [4.69, 9.17) is 0 Å². The Bertz CT molecular complexity index is 133. The molecule has 0 saturated heterocycles. The Kier molecular flexibility index (Phi) is 1.47. The van der Waals surface area contributed by atoms with Gasteiger partial charge in [0.25, 0.3) is 0 Å². The lowest BCUT2D eigenvalue weighted by molar-refractivity contribution is 0.729. The fourth-order valence-electron chi connectivity index (χ4n) is 0.904. The first-order chi connectivity index (χ1) is 3.79. The van der Waals surface area contributed by atoms with E-state index in [0.29, 0.717) is 6.04 Å². The van der Waals surface area contributed by atoms with Gasteiger partial charge in [-0.3, -0.25) is 4.99 Å². The molecule has 0 amide bonds. The number of aliphatic imine (C=N–C) groups is 1. The number of allylic oxidation sites excluding steroid dienone is 1. The molecule has 1 unspecified atom stereocenters. The molecule has 1 heterocycles. The van der Waals surface area contributed by atoms with Crippen LogP contribution in [0.3, 0.4) is 0 Å². The van der Waals surface area contributed by atoms with Crippen molar-refractivity contribution in [2.45, 2.75) is 26.3 Å². The Labute approximate surface area is 50.1 Å². The number of hydrogen-bond donors (Lipinski definition) is 0. The van der Waals surface area contributed by atoms with Gasteiger partial charge in [0.05, 0.1) is 6.04 Å². The lowest BCUT2D eigenvalue weighted by atomic mass is 10.1. The lowest BCUT2D eigenvalue weighted by Crippen LogP contribution is -2.02. The topological polar surface area (TPSA) is 12.4 Å². The van der Waals surface area contributed by atoms with Gasteiger partial charge in [0.2, 0.25) is 0 Å². The zero-order valence-corrected chi connectivity index (χ0v) is 5.39. The molecule has 1 aliphatic heterocycles. The van der Waals surface area contributed by atoms with Crippen molar-refractivity contribution < 1.29 is 0 Å². The molecule has 0 aromatic rings. The fourth-order valence-corrected chi connectivity index (χ4v) is 0.904. The third kappa shape index (κ3) is 1.19. The van der Waals surface area contributed by atoms with Gasteiger partial charge < -0.3 is 0 Å². The zero-order valence-electron chi connectivity index (χ0n) is 5.39. The van der Waals surface area contributed by atoms with Gasteiger partial charge >= 0.3 is 0 Å². The summed E-state index contributed by atoms with van der Waals surface area (Å²) in [5.41, 5.74) is 1.44. The quantitative estimate of drug-likeness (QED) is 0.449. The molecule has 1 aliphatic rings. The van der Waals surface area contributed by atoms with Crippen molar-refractivity contribution in [2.24, 2.45) is 4.99 Å². The van der Waals surface area contributed by atoms with Crippen molar-refractivity contribution in [2.75, 3.05) is 0 Å². The predicted octanol–water partition coefficient (Wildman–Crippen LogP) is 1.80. The van der Waals surface area contributed by atoms with Gasteiger partial charge in [-0.2, -0.15) is 0 Å². The van der Waals surface area contributed by atoms with Gasteiger partial charge in [0, 0.05) is 6.21 Å². The average molecular weight is 109 g/mol. The number of hydrogen-bond acceptors (Lipinski definition) is 1. The molecule has 0 bridgehead atoms. The van der Waals surface area contributed by atoms with Crippen molar-refractivity contribution >= 4 is 6.21 Å². The second kappa shape index (κ2) is 2.12. The molecule has 1 heteroatoms. The van der Waals surface area contributed by atoms with E-state index in [1.165, 1.54) is 5.57 Å². The second-order valence-corrected chi connectivity index (χ2v) is 2.36. The smallest absolute Gasteiger partial charge is 0.0508 e. The Balaban J connectivity index is 2.59. The summed E-state index contributed by atoms with van der Waals surface area (Å²) in [4.78, 5) is 4.18. The molecule has 0 fully saturated rings. The van der Waals surface area contributed by atoms with Crippen LogP contribution in [-0.2, 0) is 0 Å². The van der Waals surface area contributed by atoms with Crippen LogP contribution in [0.4, 0.5) is 0 Å². The van der Waals surface area contributed by atoms with E-state index in [-0.39, 0.29) is 0 Å². The van der Waals surface area contributed by atoms with Crippen LogP contribution in [-0.4, -0.2) is 12.3 Å². The normalized spacial score (nSPS) is 27.8. The van der Waals surface area contributed by atoms with E-state index in [0.717, 1.165) is 6.42 Å². The number of nitrogens with zero attached hydrogens (tertiary/aromatic N) is 1. The highest BCUT2D eigenvalue weighted by Crippen LogP contribution is 2.09. The van der Waals surface area contributed by atoms with Crippen LogP contribution in [0.5, 0.6) is 0 Å². The van der Waals surface area contributed by atoms with Crippen molar-refractivity contribution in [3.05, 3.63) is 11.6 Å². The first-order valence-corrected chi connectivity index (χ1v) is 2.98. The highest BCUT2D eigenvalue weighted by atomic mass is 14.8. The van der Waals surface area contributed by atoms with Crippen LogP contribution in [0.2, 0.25) is 0 Å². The van der Waals surface area contributed by atoms with Crippen LogP contribution < -0.4 is 0 Å². The highest BCUT2D eigenvalue weighted by molar-refractivity contribution is 5.73. The standard InChI is InChI=1S/C7H11N/c1-6-3-4-8-7(2)5-6/h3-4,7H,5H2,1-2H3. The third-order valence-electron chi connectivity index (χ3n) is 1.32. The molecular formula is C7H11N. The van der Waals surface area contributed by atoms with Gasteiger partial charge in [-0.1, -0.05) is 5.57 Å². The minimum Gasteiger partial charge on any atom is -0.290 e. The predicted molar refractivity (Wildman–Crippen MR) is 36.3 cm³/mol. The minimum atomic E-state index is 0.514. The second-order valence-electron chi connectivity index (χ2n) is 2.36. The maximum absolute atomic E-state index is 4.18. The summed E-state index contributed by atoms with van der Waals surface area (Å²) in [6.07, 6.45) is 5.10. The minimum absolute atomic E-state index is 0.514. The van der Waals surface area contributed by atoms with Gasteiger partial charge in [-0.25, -0.2) is 0 Å². The van der Waals surface area contributed by atoms with E-state index in [9.17, 15) is 0 Å². The molecule has 44 valence electrons. The van der Waals surface area contributed by atoms with E-state index < -0.39 is 0 Å². The first-order valence-electron chi connectivity index (χ1n) is 2.98. The first kappa shape index (κ1) is 5.54. The van der Waals surface area contributed by atoms with E-state index in [2.05, 4.69) is 24.9 Å². The molecule has 0 aliphatic carbocycles. The van der Waals surface area contributed by atoms with Gasteiger partial charge in [-0.15, -0.1) is 0 Å². The summed E-state index contributed by atoms with van der Waals surface area (Å²) in [7, 11) is 0. The monoisotopic (exact) mass is 109 g/mol. The van der Waals surface area contributed by atoms with Gasteiger partial charge in [0.15, 0.2) is 0 Å². The van der Waals surface area contributed by atoms with Crippen LogP contribution in [0.1, 0.15) is 20.3 Å². The summed E-state index contributed by atoms with van der Waals surface area (Å²) in [6, 6.07) is 0.514. The van der Waals surface area contributed by atoms with Gasteiger partial charge in [0.1, 0.15) is 0 Å². The Hall–Kier alpha value is -0.590. The van der Waals surface area contributed by atoms with Crippen molar-refractivity contribution in [3.63, 3.8) is 0 Å². The molecule has 0 N–H and O–H groups in total. The molecule has 0 aromatic carbocycles. The number of rotatable bonds is 0. The summed E-state index contributed by atoms with van der Waals surface area (Å²) >= 11 is 0. The Morgan fingerprint density at radius 1 is 1.75 bits per heavy atom. The van der Waals surface area contributed by atoms with Crippen LogP contribution in [0, 0.1) is 0 Å². The summed E-state index contributed by atoms with van der Waals surface area (Å²) in [6.45, 7) is 4.27. The van der Waals surface area contributed by atoms with Crippen LogP contribution in [0.15, 0.2) is 16.6 Å². The lowest BCUT2D eigenvalue weighted by Gasteiger charge is -2.08. The number of dihydropyridines is 1. The molecule has 0 spiro atoms. The van der Waals surface area contributed by atoms with E-state index >= 15 is 0 Å². The maximum atomic E-state index is 4.18. The zero-order chi connectivity index (χ0) is 5.98.